The number of aliphatic hydroxyl groups excluding tert-OH is 2. The van der Waals surface area contributed by atoms with Crippen LogP contribution in [0.4, 0.5) is 4.39 Å². The molecule has 0 spiro atoms. The van der Waals surface area contributed by atoms with Crippen molar-refractivity contribution >= 4 is 11.6 Å². The number of halogens is 1. The van der Waals surface area contributed by atoms with E-state index in [1.54, 1.807) is 26.8 Å². The second kappa shape index (κ2) is 5.83. The molecule has 5 nitrogen and oxygen atoms in total. The Labute approximate surface area is 164 Å². The summed E-state index contributed by atoms with van der Waals surface area (Å²) < 4.78 is 16.9. The molecule has 0 amide bonds. The highest BCUT2D eigenvalue weighted by Gasteiger charge is 2.75. The molecule has 154 valence electrons. The van der Waals surface area contributed by atoms with Gasteiger partial charge in [-0.05, 0) is 56.6 Å². The van der Waals surface area contributed by atoms with Gasteiger partial charge in [0.2, 0.25) is 0 Å². The van der Waals surface area contributed by atoms with Crippen molar-refractivity contribution in [3.8, 4) is 0 Å². The number of aliphatic hydroxyl groups is 3. The minimum Gasteiger partial charge on any atom is -0.390 e. The molecule has 4 aliphatic carbocycles. The normalized spacial score (nSPS) is 52.5. The number of rotatable bonds is 2. The largest absolute Gasteiger partial charge is 0.390 e. The van der Waals surface area contributed by atoms with E-state index in [2.05, 4.69) is 0 Å². The van der Waals surface area contributed by atoms with Gasteiger partial charge in [-0.2, -0.15) is 0 Å². The summed E-state index contributed by atoms with van der Waals surface area (Å²) in [6, 6.07) is 0. The lowest BCUT2D eigenvalue weighted by molar-refractivity contribution is -0.219. The van der Waals surface area contributed by atoms with Gasteiger partial charge in [-0.3, -0.25) is 9.59 Å². The Bertz CT molecular complexity index is 805. The van der Waals surface area contributed by atoms with Crippen molar-refractivity contribution in [1.82, 2.24) is 0 Å². The maximum Gasteiger partial charge on any atom is 0.190 e. The van der Waals surface area contributed by atoms with Crippen LogP contribution in [0, 0.1) is 28.6 Å². The van der Waals surface area contributed by atoms with Crippen LogP contribution in [0.3, 0.4) is 0 Å². The van der Waals surface area contributed by atoms with E-state index >= 15 is 4.39 Å². The van der Waals surface area contributed by atoms with Gasteiger partial charge in [0.1, 0.15) is 12.2 Å². The van der Waals surface area contributed by atoms with E-state index in [0.29, 0.717) is 24.8 Å². The first-order chi connectivity index (χ1) is 13.0. The summed E-state index contributed by atoms with van der Waals surface area (Å²) in [7, 11) is 0. The van der Waals surface area contributed by atoms with E-state index in [-0.39, 0.29) is 18.1 Å². The van der Waals surface area contributed by atoms with Crippen molar-refractivity contribution in [2.45, 2.75) is 63.8 Å². The Balaban J connectivity index is 1.84. The van der Waals surface area contributed by atoms with E-state index in [1.165, 1.54) is 12.2 Å². The molecule has 0 radical (unpaired) electrons. The van der Waals surface area contributed by atoms with E-state index in [1.807, 2.05) is 0 Å². The average molecular weight is 392 g/mol. The molecular formula is C22H29FO5. The minimum atomic E-state index is -1.98. The van der Waals surface area contributed by atoms with Crippen LogP contribution in [0.1, 0.15) is 46.5 Å². The number of hydrogen-bond donors (Lipinski definition) is 3. The molecule has 0 aromatic heterocycles. The monoisotopic (exact) mass is 392 g/mol. The fourth-order valence-electron chi connectivity index (χ4n) is 7.26. The first-order valence-electron chi connectivity index (χ1n) is 10.1. The highest BCUT2D eigenvalue weighted by atomic mass is 19.1. The molecule has 0 aliphatic heterocycles. The predicted molar refractivity (Wildman–Crippen MR) is 99.9 cm³/mol. The zero-order valence-corrected chi connectivity index (χ0v) is 16.6. The third kappa shape index (κ3) is 2.01. The molecular weight excluding hydrogens is 363 g/mol. The number of carbonyl (C=O) groups excluding carboxylic acids is 2. The lowest BCUT2D eigenvalue weighted by atomic mass is 9.44. The van der Waals surface area contributed by atoms with E-state index < -0.39 is 52.4 Å². The van der Waals surface area contributed by atoms with Crippen molar-refractivity contribution in [2.24, 2.45) is 28.6 Å². The molecule has 0 aromatic rings. The molecule has 8 atom stereocenters. The van der Waals surface area contributed by atoms with Gasteiger partial charge in [-0.15, -0.1) is 0 Å². The van der Waals surface area contributed by atoms with Gasteiger partial charge in [0.15, 0.2) is 17.2 Å². The van der Waals surface area contributed by atoms with Crippen molar-refractivity contribution in [3.63, 3.8) is 0 Å². The number of carbonyl (C=O) groups is 2. The van der Waals surface area contributed by atoms with Crippen molar-refractivity contribution < 1.29 is 29.3 Å². The SMILES string of the molecule is C[C@H]1C[C@H]2C3CCC4=CC(=O)C=C[C@]4(C)[C@@]3(F)[C@@H](O)C[C@]2(C)[C@@]1(O)C(=O)CO. The quantitative estimate of drug-likeness (QED) is 0.667. The molecule has 1 unspecified atom stereocenters. The Morgan fingerprint density at radius 1 is 1.32 bits per heavy atom. The van der Waals surface area contributed by atoms with Crippen LogP contribution < -0.4 is 0 Å². The molecule has 3 saturated carbocycles. The number of allylic oxidation sites excluding steroid dienone is 4. The Hall–Kier alpha value is -1.37. The summed E-state index contributed by atoms with van der Waals surface area (Å²) in [6.45, 7) is 4.48. The van der Waals surface area contributed by atoms with Crippen LogP contribution >= 0.6 is 0 Å². The number of alkyl halides is 1. The van der Waals surface area contributed by atoms with Crippen molar-refractivity contribution in [1.29, 1.82) is 0 Å². The number of fused-ring (bicyclic) bond motifs is 5. The van der Waals surface area contributed by atoms with Crippen molar-refractivity contribution in [3.05, 3.63) is 23.8 Å². The van der Waals surface area contributed by atoms with Crippen LogP contribution in [0.25, 0.3) is 0 Å². The second-order valence-corrected chi connectivity index (χ2v) is 9.75. The zero-order chi connectivity index (χ0) is 20.7. The van der Waals surface area contributed by atoms with Crippen molar-refractivity contribution in [2.75, 3.05) is 6.61 Å². The first kappa shape index (κ1) is 19.9. The molecule has 4 rings (SSSR count). The predicted octanol–water partition coefficient (Wildman–Crippen LogP) is 1.90. The summed E-state index contributed by atoms with van der Waals surface area (Å²) in [5.41, 5.74) is -5.17. The molecule has 4 aliphatic rings. The Morgan fingerprint density at radius 2 is 2.00 bits per heavy atom. The lowest BCUT2D eigenvalue weighted by Crippen LogP contribution is -2.69. The second-order valence-electron chi connectivity index (χ2n) is 9.75. The standard InChI is InChI=1S/C22H29FO5/c1-12-8-16-15-5-4-13-9-14(25)6-7-19(13,2)21(15,23)17(26)10-20(16,3)22(12,28)18(27)11-24/h6-7,9,12,15-17,24,26,28H,4-5,8,10-11H2,1-3H3/t12-,15?,16-,17-,19-,20-,21-,22-/m0/s1. The zero-order valence-electron chi connectivity index (χ0n) is 16.6. The van der Waals surface area contributed by atoms with Gasteiger partial charge in [-0.25, -0.2) is 4.39 Å². The third-order valence-corrected chi connectivity index (χ3v) is 8.79. The summed E-state index contributed by atoms with van der Waals surface area (Å²) in [6.07, 6.45) is 4.44. The topological polar surface area (TPSA) is 94.8 Å². The molecule has 0 aromatic carbocycles. The summed E-state index contributed by atoms with van der Waals surface area (Å²) >= 11 is 0. The lowest BCUT2D eigenvalue weighted by Gasteiger charge is -2.62. The smallest absolute Gasteiger partial charge is 0.190 e. The average Bonchev–Trinajstić information content (AvgIpc) is 2.84. The maximum absolute atomic E-state index is 16.9. The Kier molecular flexibility index (Phi) is 4.15. The van der Waals surface area contributed by atoms with Gasteiger partial charge in [0.05, 0.1) is 6.10 Å². The molecule has 28 heavy (non-hydrogen) atoms. The fraction of sp³-hybridized carbons (Fsp3) is 0.727. The maximum atomic E-state index is 16.9. The van der Waals surface area contributed by atoms with Crippen LogP contribution in [-0.2, 0) is 9.59 Å². The van der Waals surface area contributed by atoms with Gasteiger partial charge in [0.25, 0.3) is 0 Å². The molecule has 0 saturated heterocycles. The number of Topliss-reactive ketones (excluding diaryl/α,β-unsaturated/α-hetero) is 1. The number of hydrogen-bond acceptors (Lipinski definition) is 5. The van der Waals surface area contributed by atoms with Crippen LogP contribution in [-0.4, -0.2) is 50.9 Å². The first-order valence-corrected chi connectivity index (χ1v) is 10.1. The summed E-state index contributed by atoms with van der Waals surface area (Å²) in [5.74, 6) is -2.12. The van der Waals surface area contributed by atoms with E-state index in [4.69, 9.17) is 0 Å². The summed E-state index contributed by atoms with van der Waals surface area (Å²) in [5, 5.41) is 32.0. The van der Waals surface area contributed by atoms with E-state index in [9.17, 15) is 24.9 Å². The van der Waals surface area contributed by atoms with Gasteiger partial charge in [0, 0.05) is 16.7 Å². The number of ketones is 2. The van der Waals surface area contributed by atoms with Gasteiger partial charge in [-0.1, -0.05) is 25.5 Å². The third-order valence-electron chi connectivity index (χ3n) is 8.79. The van der Waals surface area contributed by atoms with Gasteiger partial charge >= 0.3 is 0 Å². The molecule has 0 heterocycles. The van der Waals surface area contributed by atoms with Crippen LogP contribution in [0.2, 0.25) is 0 Å². The Morgan fingerprint density at radius 3 is 2.64 bits per heavy atom. The summed E-state index contributed by atoms with van der Waals surface area (Å²) in [4.78, 5) is 24.4. The minimum absolute atomic E-state index is 0.0676. The van der Waals surface area contributed by atoms with Crippen LogP contribution in [0.15, 0.2) is 23.8 Å². The molecule has 6 heteroatoms. The highest BCUT2D eigenvalue weighted by Crippen LogP contribution is 2.70. The molecule has 3 N–H and O–H groups in total. The highest BCUT2D eigenvalue weighted by molar-refractivity contribution is 6.01. The van der Waals surface area contributed by atoms with Gasteiger partial charge < -0.3 is 15.3 Å². The van der Waals surface area contributed by atoms with E-state index in [0.717, 1.165) is 0 Å². The molecule has 3 fully saturated rings. The van der Waals surface area contributed by atoms with Crippen LogP contribution in [0.5, 0.6) is 0 Å². The molecule has 0 bridgehead atoms. The fourth-order valence-corrected chi connectivity index (χ4v) is 7.26.